The van der Waals surface area contributed by atoms with Crippen LogP contribution in [-0.4, -0.2) is 15.6 Å². The number of rotatable bonds is 5. The van der Waals surface area contributed by atoms with Crippen LogP contribution in [0.4, 0.5) is 17.1 Å². The highest BCUT2D eigenvalue weighted by Gasteiger charge is 2.20. The molecule has 1 fully saturated rings. The van der Waals surface area contributed by atoms with Gasteiger partial charge in [0, 0.05) is 6.07 Å². The highest BCUT2D eigenvalue weighted by atomic mass is 16.6. The highest BCUT2D eigenvalue weighted by molar-refractivity contribution is 6.04. The van der Waals surface area contributed by atoms with Gasteiger partial charge in [0.2, 0.25) is 0 Å². The van der Waals surface area contributed by atoms with Crippen LogP contribution in [0.5, 0.6) is 0 Å². The van der Waals surface area contributed by atoms with Gasteiger partial charge in [-0.3, -0.25) is 25.7 Å². The van der Waals surface area contributed by atoms with Crippen LogP contribution in [0.25, 0.3) is 6.08 Å². The fourth-order valence-corrected chi connectivity index (χ4v) is 2.95. The van der Waals surface area contributed by atoms with Crippen molar-refractivity contribution in [3.63, 3.8) is 0 Å². The lowest BCUT2D eigenvalue weighted by Crippen LogP contribution is -2.11. The Balaban J connectivity index is 1.88. The van der Waals surface area contributed by atoms with Crippen molar-refractivity contribution in [2.75, 3.05) is 5.43 Å². The highest BCUT2D eigenvalue weighted by Crippen LogP contribution is 2.30. The maximum absolute atomic E-state index is 11.2. The number of nitro groups is 2. The topological polar surface area (TPSA) is 111 Å². The van der Waals surface area contributed by atoms with Crippen LogP contribution in [0.15, 0.2) is 59.2 Å². The summed E-state index contributed by atoms with van der Waals surface area (Å²) in [5.41, 5.74) is 5.15. The van der Waals surface area contributed by atoms with Gasteiger partial charge in [0.15, 0.2) is 0 Å². The lowest BCUT2D eigenvalue weighted by atomic mass is 9.91. The normalized spacial score (nSPS) is 17.0. The quantitative estimate of drug-likeness (QED) is 0.596. The molecule has 8 heteroatoms. The SMILES string of the molecule is O=[N+]([O-])c1ccc(N/N=C2\CCCC\C2=C/c2ccccc2)c([N+](=O)[O-])c1. The van der Waals surface area contributed by atoms with Crippen LogP contribution in [0.2, 0.25) is 0 Å². The number of nitrogens with zero attached hydrogens (tertiary/aromatic N) is 3. The van der Waals surface area contributed by atoms with Crippen molar-refractivity contribution in [2.24, 2.45) is 5.10 Å². The van der Waals surface area contributed by atoms with Gasteiger partial charge in [0.25, 0.3) is 5.69 Å². The molecule has 2 aromatic carbocycles. The van der Waals surface area contributed by atoms with Gasteiger partial charge in [-0.2, -0.15) is 5.10 Å². The van der Waals surface area contributed by atoms with E-state index in [1.165, 1.54) is 12.1 Å². The Morgan fingerprint density at radius 3 is 2.41 bits per heavy atom. The standard InChI is InChI=1S/C19H18N4O4/c24-22(25)16-10-11-18(19(13-16)23(26)27)21-20-17-9-5-4-8-15(17)12-14-6-2-1-3-7-14/h1-3,6-7,10-13,21H,4-5,8-9H2/b15-12+,20-17+. The predicted molar refractivity (Wildman–Crippen MR) is 104 cm³/mol. The molecule has 3 rings (SSSR count). The molecule has 1 aliphatic rings. The zero-order chi connectivity index (χ0) is 19.2. The molecule has 2 aromatic rings. The third-order valence-corrected chi connectivity index (χ3v) is 4.32. The Kier molecular flexibility index (Phi) is 5.55. The molecular formula is C19H18N4O4. The molecule has 1 N–H and O–H groups in total. The number of nitro benzene ring substituents is 2. The number of hydrazone groups is 1. The van der Waals surface area contributed by atoms with Gasteiger partial charge >= 0.3 is 5.69 Å². The molecule has 0 bridgehead atoms. The predicted octanol–water partition coefficient (Wildman–Crippen LogP) is 4.93. The maximum atomic E-state index is 11.2. The Labute approximate surface area is 155 Å². The van der Waals surface area contributed by atoms with Crippen LogP contribution >= 0.6 is 0 Å². The number of hydrogen-bond acceptors (Lipinski definition) is 6. The van der Waals surface area contributed by atoms with Crippen LogP contribution in [0.3, 0.4) is 0 Å². The molecule has 1 saturated carbocycles. The first-order valence-corrected chi connectivity index (χ1v) is 8.56. The summed E-state index contributed by atoms with van der Waals surface area (Å²) >= 11 is 0. The fourth-order valence-electron chi connectivity index (χ4n) is 2.95. The lowest BCUT2D eigenvalue weighted by molar-refractivity contribution is -0.393. The van der Waals surface area contributed by atoms with E-state index in [9.17, 15) is 20.2 Å². The smallest absolute Gasteiger partial charge is 0.271 e. The minimum atomic E-state index is -0.662. The van der Waals surface area contributed by atoms with Crippen molar-refractivity contribution in [1.29, 1.82) is 0 Å². The van der Waals surface area contributed by atoms with Gasteiger partial charge < -0.3 is 0 Å². The summed E-state index contributed by atoms with van der Waals surface area (Å²) < 4.78 is 0. The molecule has 0 unspecified atom stereocenters. The van der Waals surface area contributed by atoms with E-state index in [0.29, 0.717) is 0 Å². The molecule has 27 heavy (non-hydrogen) atoms. The molecule has 0 aliphatic heterocycles. The second kappa shape index (κ2) is 8.22. The maximum Gasteiger partial charge on any atom is 0.301 e. The van der Waals surface area contributed by atoms with Gasteiger partial charge in [0.05, 0.1) is 21.6 Å². The second-order valence-electron chi connectivity index (χ2n) is 6.17. The van der Waals surface area contributed by atoms with Gasteiger partial charge in [-0.1, -0.05) is 30.3 Å². The van der Waals surface area contributed by atoms with Gasteiger partial charge in [-0.05, 0) is 49.0 Å². The molecular weight excluding hydrogens is 348 g/mol. The summed E-state index contributed by atoms with van der Waals surface area (Å²) in [7, 11) is 0. The first-order chi connectivity index (χ1) is 13.0. The zero-order valence-corrected chi connectivity index (χ0v) is 14.5. The van der Waals surface area contributed by atoms with Crippen molar-refractivity contribution < 1.29 is 9.85 Å². The van der Waals surface area contributed by atoms with E-state index >= 15 is 0 Å². The van der Waals surface area contributed by atoms with Crippen LogP contribution < -0.4 is 5.43 Å². The molecule has 1 aliphatic carbocycles. The Morgan fingerprint density at radius 2 is 1.70 bits per heavy atom. The first-order valence-electron chi connectivity index (χ1n) is 8.56. The van der Waals surface area contributed by atoms with Crippen LogP contribution in [0.1, 0.15) is 31.2 Å². The van der Waals surface area contributed by atoms with Crippen LogP contribution in [-0.2, 0) is 0 Å². The average molecular weight is 366 g/mol. The van der Waals surface area contributed by atoms with Gasteiger partial charge in [0.1, 0.15) is 5.69 Å². The number of benzene rings is 2. The lowest BCUT2D eigenvalue weighted by Gasteiger charge is -2.17. The molecule has 0 aromatic heterocycles. The van der Waals surface area contributed by atoms with Crippen molar-refractivity contribution in [1.82, 2.24) is 0 Å². The monoisotopic (exact) mass is 366 g/mol. The number of hydrogen-bond donors (Lipinski definition) is 1. The Morgan fingerprint density at radius 1 is 0.963 bits per heavy atom. The molecule has 0 atom stereocenters. The number of anilines is 1. The summed E-state index contributed by atoms with van der Waals surface area (Å²) in [6.07, 6.45) is 5.79. The Bertz CT molecular complexity index is 923. The van der Waals surface area contributed by atoms with Crippen molar-refractivity contribution in [3.8, 4) is 0 Å². The number of allylic oxidation sites excluding steroid dienone is 1. The first kappa shape index (κ1) is 18.2. The van der Waals surface area contributed by atoms with Crippen molar-refractivity contribution >= 4 is 28.8 Å². The van der Waals surface area contributed by atoms with E-state index < -0.39 is 9.85 Å². The summed E-state index contributed by atoms with van der Waals surface area (Å²) in [6, 6.07) is 13.4. The molecule has 0 amide bonds. The largest absolute Gasteiger partial charge is 0.301 e. The third-order valence-electron chi connectivity index (χ3n) is 4.32. The summed E-state index contributed by atoms with van der Waals surface area (Å²) in [6.45, 7) is 0. The summed E-state index contributed by atoms with van der Waals surface area (Å²) in [5, 5.41) is 26.4. The molecule has 0 saturated heterocycles. The number of non-ortho nitro benzene ring substituents is 1. The minimum absolute atomic E-state index is 0.128. The minimum Gasteiger partial charge on any atom is -0.271 e. The summed E-state index contributed by atoms with van der Waals surface area (Å²) in [5.74, 6) is 0. The Hall–Kier alpha value is -3.55. The fraction of sp³-hybridized carbons (Fsp3) is 0.211. The van der Waals surface area contributed by atoms with E-state index in [4.69, 9.17) is 0 Å². The van der Waals surface area contributed by atoms with E-state index in [2.05, 4.69) is 16.6 Å². The average Bonchev–Trinajstić information content (AvgIpc) is 2.68. The third kappa shape index (κ3) is 4.55. The van der Waals surface area contributed by atoms with E-state index in [-0.39, 0.29) is 17.1 Å². The summed E-state index contributed by atoms with van der Waals surface area (Å²) in [4.78, 5) is 20.8. The molecule has 138 valence electrons. The molecule has 0 spiro atoms. The van der Waals surface area contributed by atoms with Crippen LogP contribution in [0, 0.1) is 20.2 Å². The van der Waals surface area contributed by atoms with E-state index in [1.807, 2.05) is 30.3 Å². The zero-order valence-electron chi connectivity index (χ0n) is 14.5. The number of nitrogens with one attached hydrogen (secondary N) is 1. The van der Waals surface area contributed by atoms with Crippen molar-refractivity contribution in [3.05, 3.63) is 79.9 Å². The second-order valence-corrected chi connectivity index (χ2v) is 6.17. The van der Waals surface area contributed by atoms with E-state index in [0.717, 1.165) is 48.6 Å². The van der Waals surface area contributed by atoms with E-state index in [1.54, 1.807) is 0 Å². The van der Waals surface area contributed by atoms with Gasteiger partial charge in [-0.25, -0.2) is 0 Å². The molecule has 0 radical (unpaired) electrons. The molecule has 8 nitrogen and oxygen atoms in total. The van der Waals surface area contributed by atoms with Crippen molar-refractivity contribution in [2.45, 2.75) is 25.7 Å². The molecule has 0 heterocycles. The van der Waals surface area contributed by atoms with Gasteiger partial charge in [-0.15, -0.1) is 0 Å².